The van der Waals surface area contributed by atoms with Crippen LogP contribution in [-0.2, 0) is 18.4 Å². The van der Waals surface area contributed by atoms with E-state index in [1.54, 1.807) is 0 Å². The summed E-state index contributed by atoms with van der Waals surface area (Å²) in [4.78, 5) is 7.05. The summed E-state index contributed by atoms with van der Waals surface area (Å²) in [5.74, 6) is 0. The van der Waals surface area contributed by atoms with Crippen molar-refractivity contribution in [1.82, 2.24) is 14.0 Å². The van der Waals surface area contributed by atoms with Gasteiger partial charge in [-0.25, -0.2) is 0 Å². The second-order valence-corrected chi connectivity index (χ2v) is 29.4. The molecule has 7 rings (SSSR count). The van der Waals surface area contributed by atoms with Gasteiger partial charge in [0.05, 0.1) is 0 Å². The molecule has 0 bridgehead atoms. The van der Waals surface area contributed by atoms with E-state index in [4.69, 9.17) is 0 Å². The van der Waals surface area contributed by atoms with Crippen LogP contribution in [-0.4, -0.2) is 32.8 Å². The topological polar surface area (TPSA) is 19.6 Å². The molecule has 0 radical (unpaired) electrons. The number of halogens is 2. The average molecular weight is 921 g/mol. The molecule has 0 N–H and O–H groups in total. The van der Waals surface area contributed by atoms with Crippen molar-refractivity contribution < 1.29 is 11.8 Å². The summed E-state index contributed by atoms with van der Waals surface area (Å²) in [6, 6.07) is 26.9. The Labute approximate surface area is 361 Å². The van der Waals surface area contributed by atoms with Crippen LogP contribution in [0.2, 0.25) is 0 Å². The predicted molar refractivity (Wildman–Crippen MR) is 251 cm³/mol. The van der Waals surface area contributed by atoms with Crippen LogP contribution in [0.3, 0.4) is 0 Å². The fourth-order valence-electron chi connectivity index (χ4n) is 9.76. The molecule has 5 aromatic carbocycles. The van der Waals surface area contributed by atoms with Crippen LogP contribution in [0.5, 0.6) is 0 Å². The Morgan fingerprint density at radius 2 is 0.814 bits per heavy atom. The molecule has 5 nitrogen and oxygen atoms in total. The molecule has 0 atom stereocenters. The molecule has 0 aliphatic carbocycles. The van der Waals surface area contributed by atoms with Gasteiger partial charge in [-0.3, -0.25) is 0 Å². The van der Waals surface area contributed by atoms with Gasteiger partial charge >= 0.3 is 364 Å². The van der Waals surface area contributed by atoms with Gasteiger partial charge in [-0.05, 0) is 0 Å². The maximum atomic E-state index is 9.37. The zero-order valence-electron chi connectivity index (χ0n) is 37.3. The van der Waals surface area contributed by atoms with Crippen LogP contribution >= 0.6 is 19.1 Å². The summed E-state index contributed by atoms with van der Waals surface area (Å²) in [6.45, 7) is 27.0. The number of imidazole rings is 1. The molecule has 0 amide bonds. The van der Waals surface area contributed by atoms with Crippen molar-refractivity contribution in [3.63, 3.8) is 0 Å². The molecule has 6 aromatic rings. The van der Waals surface area contributed by atoms with Crippen LogP contribution in [0.4, 0.5) is 11.4 Å². The molecule has 314 valence electrons. The molecular formula is C51H61Cl2N5Pd. The van der Waals surface area contributed by atoms with E-state index in [1.807, 2.05) is 0 Å². The van der Waals surface area contributed by atoms with Gasteiger partial charge in [0.2, 0.25) is 0 Å². The van der Waals surface area contributed by atoms with E-state index in [0.717, 1.165) is 58.5 Å². The van der Waals surface area contributed by atoms with E-state index in [9.17, 15) is 19.1 Å². The molecule has 59 heavy (non-hydrogen) atoms. The second kappa shape index (κ2) is 15.7. The fraction of sp³-hybridized carbons (Fsp3) is 0.314. The third-order valence-corrected chi connectivity index (χ3v) is 22.2. The van der Waals surface area contributed by atoms with Crippen molar-refractivity contribution in [3.8, 4) is 11.4 Å². The molecule has 1 aliphatic rings. The molecule has 0 spiro atoms. The van der Waals surface area contributed by atoms with Gasteiger partial charge in [0.1, 0.15) is 0 Å². The van der Waals surface area contributed by atoms with Crippen molar-refractivity contribution in [2.75, 3.05) is 23.9 Å². The van der Waals surface area contributed by atoms with Gasteiger partial charge in [-0.15, -0.1) is 0 Å². The van der Waals surface area contributed by atoms with Crippen molar-refractivity contribution in [1.29, 1.82) is 0 Å². The molecule has 0 saturated heterocycles. The van der Waals surface area contributed by atoms with Crippen molar-refractivity contribution >= 4 is 34.5 Å². The van der Waals surface area contributed by atoms with Gasteiger partial charge in [0.15, 0.2) is 0 Å². The Hall–Kier alpha value is -4.15. The van der Waals surface area contributed by atoms with E-state index >= 15 is 0 Å². The van der Waals surface area contributed by atoms with Crippen LogP contribution in [0.1, 0.15) is 72.3 Å². The van der Waals surface area contributed by atoms with E-state index in [2.05, 4.69) is 219 Å². The maximum absolute atomic E-state index is 9.37. The first-order valence-electron chi connectivity index (χ1n) is 20.3. The molecule has 1 aliphatic heterocycles. The Morgan fingerprint density at radius 3 is 1.15 bits per heavy atom. The number of nitrogens with zero attached hydrogens (tertiary/aromatic N) is 5. The molecule has 8 heteroatoms. The standard InChI is InChI=1S/C21H25N2.C21H24N2.C9H12N.2ClH.Pd/c2*1-14-9-16(3)20(17(4)10-14)22-7-8-23(13-22)21-18(5)11-15(2)12-19(21)6;1-10(2)8-9-6-4-3-5-7-9;;;/h7-13H,1-6H3;7-12H,1-6H3;3-6H,8H2,1-2H3;2*1H;/q;;;;;+2/p-2. The average Bonchev–Trinajstić information content (AvgIpc) is 3.73. The van der Waals surface area contributed by atoms with Crippen molar-refractivity contribution in [2.24, 2.45) is 0 Å². The van der Waals surface area contributed by atoms with Crippen LogP contribution in [0, 0.1) is 87.0 Å². The summed E-state index contributed by atoms with van der Waals surface area (Å²) < 4.78 is 5.99. The van der Waals surface area contributed by atoms with Gasteiger partial charge in [-0.1, -0.05) is 0 Å². The molecule has 0 fully saturated rings. The molecule has 2 heterocycles. The molecular weight excluding hydrogens is 860 g/mol. The summed E-state index contributed by atoms with van der Waals surface area (Å²) in [7, 11) is 23.0. The van der Waals surface area contributed by atoms with Gasteiger partial charge < -0.3 is 0 Å². The Kier molecular flexibility index (Phi) is 11.4. The normalized spacial score (nSPS) is 14.2. The van der Waals surface area contributed by atoms with E-state index in [0.29, 0.717) is 6.54 Å². The summed E-state index contributed by atoms with van der Waals surface area (Å²) >= 11 is -5.32. The third kappa shape index (κ3) is 7.30. The third-order valence-electron chi connectivity index (χ3n) is 11.4. The minimum absolute atomic E-state index is 0.575. The number of aryl methyl sites for hydroxylation is 12. The Morgan fingerprint density at radius 1 is 0.492 bits per heavy atom. The van der Waals surface area contributed by atoms with Crippen LogP contribution in [0.25, 0.3) is 11.4 Å². The number of benzene rings is 5. The van der Waals surface area contributed by atoms with E-state index in [-0.39, 0.29) is 0 Å². The minimum atomic E-state index is -5.32. The number of hydrogen-bond donors (Lipinski definition) is 0. The van der Waals surface area contributed by atoms with Crippen molar-refractivity contribution in [3.05, 3.63) is 174 Å². The van der Waals surface area contributed by atoms with Gasteiger partial charge in [0.25, 0.3) is 0 Å². The Balaban J connectivity index is 1.84. The number of anilines is 2. The zero-order chi connectivity index (χ0) is 42.9. The summed E-state index contributed by atoms with van der Waals surface area (Å²) in [5, 5.41) is 0. The molecule has 1 aromatic heterocycles. The number of aromatic nitrogens is 2. The van der Waals surface area contributed by atoms with Crippen LogP contribution < -0.4 is 13.8 Å². The van der Waals surface area contributed by atoms with E-state index < -0.39 is 16.5 Å². The first-order chi connectivity index (χ1) is 27.7. The van der Waals surface area contributed by atoms with Crippen molar-refractivity contribution in [2.45, 2.75) is 94.3 Å². The molecule has 0 unspecified atom stereocenters. The van der Waals surface area contributed by atoms with Crippen LogP contribution in [0.15, 0.2) is 97.6 Å². The fourth-order valence-corrected chi connectivity index (χ4v) is 21.2. The zero-order valence-corrected chi connectivity index (χ0v) is 40.4. The predicted octanol–water partition coefficient (Wildman–Crippen LogP) is 12.7. The number of hydrogen-bond acceptors (Lipinski definition) is 3. The van der Waals surface area contributed by atoms with Gasteiger partial charge in [0, 0.05) is 0 Å². The monoisotopic (exact) mass is 919 g/mol. The second-order valence-electron chi connectivity index (χ2n) is 17.1. The first-order valence-corrected chi connectivity index (χ1v) is 26.8. The van der Waals surface area contributed by atoms with E-state index in [1.165, 1.54) is 44.5 Å². The first kappa shape index (κ1) is 43.0. The SMILES string of the molecule is Cc1cc(C)c(N2C=CN(c3c(C)cc(C)cc3C)[CH]2[Pd]([Cl])([Cl])([c]2ccccc2CN(C)C)=[c]2n(-c3c(C)cc(C)cc3C)ccn2-c2c(C)cc(C)cc2C)c(C)c1. The summed E-state index contributed by atoms with van der Waals surface area (Å²) in [5.41, 5.74) is 19.8. The quantitative estimate of drug-likeness (QED) is 0.142. The number of rotatable bonds is 8. The molecule has 0 saturated carbocycles. The Bertz CT molecular complexity index is 2560. The summed E-state index contributed by atoms with van der Waals surface area (Å²) in [6.07, 6.45) is 8.86. The van der Waals surface area contributed by atoms with Gasteiger partial charge in [-0.2, -0.15) is 0 Å².